The Kier molecular flexibility index (Phi) is 5.08. The third-order valence-corrected chi connectivity index (χ3v) is 4.38. The van der Waals surface area contributed by atoms with Gasteiger partial charge in [-0.1, -0.05) is 0 Å². The van der Waals surface area contributed by atoms with Crippen LogP contribution in [-0.4, -0.2) is 22.7 Å². The third-order valence-electron chi connectivity index (χ3n) is 4.38. The molecule has 10 nitrogen and oxygen atoms in total. The number of esters is 1. The number of fused-ring (bicyclic) bond motifs is 3. The number of rotatable bonds is 4. The molecule has 2 N–H and O–H groups in total. The van der Waals surface area contributed by atoms with E-state index in [4.69, 9.17) is 4.74 Å². The predicted molar refractivity (Wildman–Crippen MR) is 97.5 cm³/mol. The summed E-state index contributed by atoms with van der Waals surface area (Å²) in [6, 6.07) is 9.69. The molecule has 1 unspecified atom stereocenters. The molecule has 0 aliphatic heterocycles. The van der Waals surface area contributed by atoms with Crippen molar-refractivity contribution in [3.8, 4) is 23.3 Å². The number of nitriles is 2. The smallest absolute Gasteiger partial charge is 0.339 e. The Bertz CT molecular complexity index is 1150. The van der Waals surface area contributed by atoms with Gasteiger partial charge in [-0.3, -0.25) is 10.1 Å². The Morgan fingerprint density at radius 2 is 1.90 bits per heavy atom. The molecule has 1 aliphatic carbocycles. The monoisotopic (exact) mass is 392 g/mol. The highest BCUT2D eigenvalue weighted by molar-refractivity contribution is 6.11. The number of non-ortho nitro benzene ring substituents is 1. The van der Waals surface area contributed by atoms with Crippen LogP contribution in [0.1, 0.15) is 28.4 Å². The molecule has 3 rings (SSSR count). The molecule has 0 heterocycles. The van der Waals surface area contributed by atoms with E-state index in [1.165, 1.54) is 18.2 Å². The molecule has 1 atom stereocenters. The zero-order valence-electron chi connectivity index (χ0n) is 14.9. The SMILES string of the molecule is CCOC(=O)c1cc([N+](=O)[O-])cc2c1-c1ccc([NH+]([O-])O)cc1C2=C(C#N)C#N. The van der Waals surface area contributed by atoms with Crippen LogP contribution in [-0.2, 0) is 4.74 Å². The highest BCUT2D eigenvalue weighted by Crippen LogP contribution is 2.49. The van der Waals surface area contributed by atoms with Crippen molar-refractivity contribution >= 4 is 22.9 Å². The first-order chi connectivity index (χ1) is 13.8. The molecule has 1 aliphatic rings. The van der Waals surface area contributed by atoms with E-state index in [9.17, 15) is 35.8 Å². The summed E-state index contributed by atoms with van der Waals surface area (Å²) in [4.78, 5) is 23.2. The summed E-state index contributed by atoms with van der Waals surface area (Å²) < 4.78 is 5.01. The van der Waals surface area contributed by atoms with E-state index in [0.29, 0.717) is 5.56 Å². The Morgan fingerprint density at radius 1 is 1.21 bits per heavy atom. The number of hydrogen-bond donors (Lipinski definition) is 2. The summed E-state index contributed by atoms with van der Waals surface area (Å²) in [7, 11) is 0. The molecule has 0 aromatic heterocycles. The number of carbonyl (C=O) groups is 1. The zero-order chi connectivity index (χ0) is 21.3. The average molecular weight is 392 g/mol. The largest absolute Gasteiger partial charge is 0.595 e. The van der Waals surface area contributed by atoms with E-state index < -0.39 is 21.8 Å². The van der Waals surface area contributed by atoms with E-state index in [-0.39, 0.29) is 45.7 Å². The normalized spacial score (nSPS) is 12.2. The van der Waals surface area contributed by atoms with E-state index >= 15 is 0 Å². The summed E-state index contributed by atoms with van der Waals surface area (Å²) in [6.07, 6.45) is 0. The third kappa shape index (κ3) is 3.20. The molecule has 0 radical (unpaired) electrons. The van der Waals surface area contributed by atoms with E-state index in [1.807, 2.05) is 0 Å². The molecule has 0 bridgehead atoms. The van der Waals surface area contributed by atoms with Crippen LogP contribution >= 0.6 is 0 Å². The maximum absolute atomic E-state index is 12.5. The van der Waals surface area contributed by atoms with Gasteiger partial charge in [-0.15, -0.1) is 0 Å². The molecule has 0 saturated carbocycles. The quantitative estimate of drug-likeness (QED) is 0.294. The van der Waals surface area contributed by atoms with Crippen molar-refractivity contribution in [2.24, 2.45) is 0 Å². The van der Waals surface area contributed by atoms with Gasteiger partial charge in [-0.2, -0.15) is 15.8 Å². The second-order valence-corrected chi connectivity index (χ2v) is 5.93. The van der Waals surface area contributed by atoms with Crippen molar-refractivity contribution in [1.82, 2.24) is 0 Å². The Hall–Kier alpha value is -4.09. The van der Waals surface area contributed by atoms with Gasteiger partial charge in [0.2, 0.25) is 0 Å². The van der Waals surface area contributed by atoms with Crippen molar-refractivity contribution in [2.75, 3.05) is 6.61 Å². The number of nitrogens with zero attached hydrogens (tertiary/aromatic N) is 3. The first-order valence-corrected chi connectivity index (χ1v) is 8.26. The molecular formula is C19H12N4O6. The lowest BCUT2D eigenvalue weighted by Gasteiger charge is -2.13. The van der Waals surface area contributed by atoms with Crippen LogP contribution in [0, 0.1) is 38.0 Å². The van der Waals surface area contributed by atoms with E-state index in [2.05, 4.69) is 0 Å². The number of nitro benzene ring substituents is 1. The zero-order valence-corrected chi connectivity index (χ0v) is 14.9. The number of ether oxygens (including phenoxy) is 1. The fourth-order valence-corrected chi connectivity index (χ4v) is 3.24. The molecule has 29 heavy (non-hydrogen) atoms. The number of benzene rings is 2. The van der Waals surface area contributed by atoms with Crippen molar-refractivity contribution in [3.63, 3.8) is 0 Å². The highest BCUT2D eigenvalue weighted by atomic mass is 16.8. The number of carbonyl (C=O) groups excluding carboxylic acids is 1. The van der Waals surface area contributed by atoms with Gasteiger partial charge in [0.1, 0.15) is 17.7 Å². The second-order valence-electron chi connectivity index (χ2n) is 5.93. The summed E-state index contributed by atoms with van der Waals surface area (Å²) in [5.74, 6) is -0.808. The molecular weight excluding hydrogens is 380 g/mol. The summed E-state index contributed by atoms with van der Waals surface area (Å²) in [6.45, 7) is 1.61. The predicted octanol–water partition coefficient (Wildman–Crippen LogP) is 2.00. The Labute approximate surface area is 163 Å². The fourth-order valence-electron chi connectivity index (χ4n) is 3.24. The van der Waals surface area contributed by atoms with Gasteiger partial charge in [-0.05, 0) is 29.7 Å². The van der Waals surface area contributed by atoms with Gasteiger partial charge in [0.15, 0.2) is 5.69 Å². The van der Waals surface area contributed by atoms with E-state index in [0.717, 1.165) is 12.1 Å². The topological polar surface area (TPSA) is 165 Å². The van der Waals surface area contributed by atoms with Gasteiger partial charge in [-0.25, -0.2) is 10.0 Å². The maximum Gasteiger partial charge on any atom is 0.339 e. The van der Waals surface area contributed by atoms with Crippen molar-refractivity contribution in [1.29, 1.82) is 10.5 Å². The fraction of sp³-hybridized carbons (Fsp3) is 0.105. The molecule has 2 aromatic carbocycles. The number of hydrogen-bond acceptors (Lipinski definition) is 8. The van der Waals surface area contributed by atoms with Gasteiger partial charge < -0.3 is 9.94 Å². The number of allylic oxidation sites excluding steroid dienone is 1. The highest BCUT2D eigenvalue weighted by Gasteiger charge is 2.34. The first-order valence-electron chi connectivity index (χ1n) is 8.26. The molecule has 0 spiro atoms. The maximum atomic E-state index is 12.5. The lowest BCUT2D eigenvalue weighted by atomic mass is 9.96. The van der Waals surface area contributed by atoms with Crippen molar-refractivity contribution in [2.45, 2.75) is 6.92 Å². The number of nitrogens with one attached hydrogen (secondary N) is 1. The molecule has 2 aromatic rings. The van der Waals surface area contributed by atoms with Crippen LogP contribution in [0.4, 0.5) is 11.4 Å². The first kappa shape index (κ1) is 19.7. The molecule has 0 saturated heterocycles. The Morgan fingerprint density at radius 3 is 2.45 bits per heavy atom. The summed E-state index contributed by atoms with van der Waals surface area (Å²) in [5, 5.41) is 49.6. The van der Waals surface area contributed by atoms with Crippen LogP contribution in [0.2, 0.25) is 0 Å². The summed E-state index contributed by atoms with van der Waals surface area (Å²) >= 11 is 0. The minimum Gasteiger partial charge on any atom is -0.595 e. The van der Waals surface area contributed by atoms with Crippen LogP contribution < -0.4 is 5.23 Å². The lowest BCUT2D eigenvalue weighted by molar-refractivity contribution is -0.991. The van der Waals surface area contributed by atoms with Gasteiger partial charge in [0, 0.05) is 35.4 Å². The van der Waals surface area contributed by atoms with Crippen LogP contribution in [0.5, 0.6) is 0 Å². The molecule has 144 valence electrons. The van der Waals surface area contributed by atoms with Gasteiger partial charge in [0.05, 0.1) is 17.1 Å². The molecule has 10 heteroatoms. The second kappa shape index (κ2) is 7.50. The molecule has 0 fully saturated rings. The lowest BCUT2D eigenvalue weighted by Crippen LogP contribution is -2.99. The minimum atomic E-state index is -1.23. The number of nitro groups is 1. The van der Waals surface area contributed by atoms with Crippen LogP contribution in [0.15, 0.2) is 35.9 Å². The van der Waals surface area contributed by atoms with Crippen LogP contribution in [0.25, 0.3) is 16.7 Å². The molecule has 0 amide bonds. The summed E-state index contributed by atoms with van der Waals surface area (Å²) in [5.41, 5.74) is 0.0231. The van der Waals surface area contributed by atoms with E-state index in [1.54, 1.807) is 19.1 Å². The minimum absolute atomic E-state index is 0.0332. The van der Waals surface area contributed by atoms with Crippen molar-refractivity contribution < 1.29 is 24.9 Å². The van der Waals surface area contributed by atoms with Crippen LogP contribution in [0.3, 0.4) is 0 Å². The number of quaternary nitrogens is 1. The average Bonchev–Trinajstić information content (AvgIpc) is 3.02. The van der Waals surface area contributed by atoms with Gasteiger partial charge >= 0.3 is 5.97 Å². The van der Waals surface area contributed by atoms with Crippen molar-refractivity contribution in [3.05, 3.63) is 67.9 Å². The van der Waals surface area contributed by atoms with Gasteiger partial charge in [0.25, 0.3) is 5.69 Å². The standard InChI is InChI=1S/C19H12N4O6/c1-2-29-19(24)16-7-12(23(27)28)6-15-17(10(8-20)9-21)14-5-11(22(25)26)3-4-13(14)18(15)16/h3-7,22,25H,2H2,1H3. The Balaban J connectivity index is 2.48.